The Hall–Kier alpha value is -1.50. The number of aliphatic imine (C=N–C) groups is 1. The Morgan fingerprint density at radius 1 is 1.77 bits per heavy atom. The van der Waals surface area contributed by atoms with E-state index in [0.29, 0.717) is 6.54 Å². The zero-order valence-electron chi connectivity index (χ0n) is 6.89. The Balaban J connectivity index is 3.02. The van der Waals surface area contributed by atoms with E-state index < -0.39 is 5.97 Å². The highest BCUT2D eigenvalue weighted by atomic mass is 32.1. The van der Waals surface area contributed by atoms with E-state index in [1.165, 1.54) is 0 Å². The summed E-state index contributed by atoms with van der Waals surface area (Å²) in [6, 6.07) is 0. The number of carboxylic acids is 1. The summed E-state index contributed by atoms with van der Waals surface area (Å²) in [5.74, 6) is -1.06. The zero-order chi connectivity index (χ0) is 9.84. The van der Waals surface area contributed by atoms with Crippen molar-refractivity contribution < 1.29 is 9.90 Å². The van der Waals surface area contributed by atoms with E-state index in [1.807, 2.05) is 0 Å². The van der Waals surface area contributed by atoms with Crippen LogP contribution in [0.5, 0.6) is 0 Å². The van der Waals surface area contributed by atoms with Gasteiger partial charge in [0.1, 0.15) is 0 Å². The Kier molecular flexibility index (Phi) is 2.91. The van der Waals surface area contributed by atoms with Gasteiger partial charge in [-0.05, 0) is 6.92 Å². The van der Waals surface area contributed by atoms with Gasteiger partial charge in [0.25, 0.3) is 0 Å². The molecule has 0 saturated heterocycles. The van der Waals surface area contributed by atoms with E-state index in [2.05, 4.69) is 14.3 Å². The number of rotatable bonds is 3. The number of aromatic nitrogens is 2. The van der Waals surface area contributed by atoms with Crippen molar-refractivity contribution in [2.75, 3.05) is 12.3 Å². The van der Waals surface area contributed by atoms with Crippen LogP contribution < -0.4 is 5.73 Å². The predicted molar refractivity (Wildman–Crippen MR) is 49.0 cm³/mol. The highest BCUT2D eigenvalue weighted by Gasteiger charge is 2.16. The molecule has 0 amide bonds. The molecule has 0 atom stereocenters. The molecule has 6 nitrogen and oxygen atoms in total. The van der Waals surface area contributed by atoms with Gasteiger partial charge in [-0.25, -0.2) is 4.79 Å². The summed E-state index contributed by atoms with van der Waals surface area (Å²) in [4.78, 5) is 18.1. The highest BCUT2D eigenvalue weighted by molar-refractivity contribution is 7.09. The molecule has 0 aliphatic carbocycles. The van der Waals surface area contributed by atoms with Crippen molar-refractivity contribution >= 4 is 28.3 Å². The SMILES string of the molecule is CCN=C(C(=O)O)c1nsc(N)n1. The van der Waals surface area contributed by atoms with Gasteiger partial charge in [-0.3, -0.25) is 4.99 Å². The first-order valence-electron chi connectivity index (χ1n) is 3.52. The molecule has 0 aromatic carbocycles. The van der Waals surface area contributed by atoms with Crippen LogP contribution in [-0.4, -0.2) is 32.7 Å². The maximum atomic E-state index is 10.7. The van der Waals surface area contributed by atoms with Gasteiger partial charge >= 0.3 is 5.97 Å². The molecule has 0 unspecified atom stereocenters. The summed E-state index contributed by atoms with van der Waals surface area (Å²) in [5.41, 5.74) is 5.17. The molecular weight excluding hydrogens is 192 g/mol. The van der Waals surface area contributed by atoms with Crippen molar-refractivity contribution in [3.63, 3.8) is 0 Å². The fraction of sp³-hybridized carbons (Fsp3) is 0.333. The van der Waals surface area contributed by atoms with E-state index in [4.69, 9.17) is 10.8 Å². The van der Waals surface area contributed by atoms with E-state index in [9.17, 15) is 4.79 Å². The summed E-state index contributed by atoms with van der Waals surface area (Å²) < 4.78 is 3.75. The van der Waals surface area contributed by atoms with Crippen LogP contribution in [0.4, 0.5) is 5.13 Å². The lowest BCUT2D eigenvalue weighted by atomic mass is 10.3. The number of hydrogen-bond acceptors (Lipinski definition) is 6. The molecule has 0 saturated carbocycles. The monoisotopic (exact) mass is 200 g/mol. The average Bonchev–Trinajstić information content (AvgIpc) is 2.46. The molecule has 0 fully saturated rings. The molecule has 0 bridgehead atoms. The second-order valence-corrected chi connectivity index (χ2v) is 2.87. The van der Waals surface area contributed by atoms with Crippen molar-refractivity contribution in [2.45, 2.75) is 6.92 Å². The van der Waals surface area contributed by atoms with Gasteiger partial charge < -0.3 is 10.8 Å². The lowest BCUT2D eigenvalue weighted by Gasteiger charge is -1.93. The molecule has 0 radical (unpaired) electrons. The molecule has 13 heavy (non-hydrogen) atoms. The molecule has 70 valence electrons. The topological polar surface area (TPSA) is 101 Å². The third-order valence-corrected chi connectivity index (χ3v) is 1.71. The quantitative estimate of drug-likeness (QED) is 0.669. The number of carboxylic acid groups (broad SMARTS) is 1. The Bertz CT molecular complexity index is 346. The van der Waals surface area contributed by atoms with Crippen molar-refractivity contribution in [1.29, 1.82) is 0 Å². The van der Waals surface area contributed by atoms with Crippen LogP contribution in [0.2, 0.25) is 0 Å². The second-order valence-electron chi connectivity index (χ2n) is 2.08. The Labute approximate surface area is 78.3 Å². The largest absolute Gasteiger partial charge is 0.476 e. The number of carbonyl (C=O) groups is 1. The number of nitrogens with two attached hydrogens (primary N) is 1. The minimum Gasteiger partial charge on any atom is -0.476 e. The molecule has 0 spiro atoms. The predicted octanol–water partition coefficient (Wildman–Crippen LogP) is 0.0139. The van der Waals surface area contributed by atoms with Crippen molar-refractivity contribution in [3.05, 3.63) is 5.82 Å². The molecule has 3 N–H and O–H groups in total. The number of nitrogens with zero attached hydrogens (tertiary/aromatic N) is 3. The summed E-state index contributed by atoms with van der Waals surface area (Å²) in [5, 5.41) is 8.96. The fourth-order valence-electron chi connectivity index (χ4n) is 0.723. The van der Waals surface area contributed by atoms with Gasteiger partial charge in [0.05, 0.1) is 0 Å². The van der Waals surface area contributed by atoms with Crippen molar-refractivity contribution in [2.24, 2.45) is 4.99 Å². The number of nitrogen functional groups attached to an aromatic ring is 1. The molecule has 1 heterocycles. The third-order valence-electron chi connectivity index (χ3n) is 1.17. The molecule has 7 heteroatoms. The zero-order valence-corrected chi connectivity index (χ0v) is 7.71. The first kappa shape index (κ1) is 9.59. The van der Waals surface area contributed by atoms with Gasteiger partial charge in [-0.15, -0.1) is 0 Å². The lowest BCUT2D eigenvalue weighted by molar-refractivity contribution is -0.129. The van der Waals surface area contributed by atoms with Crippen LogP contribution in [-0.2, 0) is 4.79 Å². The molecule has 0 aliphatic heterocycles. The van der Waals surface area contributed by atoms with Gasteiger partial charge in [0.2, 0.25) is 0 Å². The van der Waals surface area contributed by atoms with E-state index in [0.717, 1.165) is 11.5 Å². The summed E-state index contributed by atoms with van der Waals surface area (Å²) in [6.07, 6.45) is 0. The summed E-state index contributed by atoms with van der Waals surface area (Å²) in [6.45, 7) is 2.11. The van der Waals surface area contributed by atoms with Crippen LogP contribution in [0.1, 0.15) is 12.7 Å². The van der Waals surface area contributed by atoms with E-state index in [1.54, 1.807) is 6.92 Å². The number of hydrogen-bond donors (Lipinski definition) is 2. The summed E-state index contributed by atoms with van der Waals surface area (Å²) >= 11 is 0.948. The lowest BCUT2D eigenvalue weighted by Crippen LogP contribution is -2.16. The first-order chi connectivity index (χ1) is 6.15. The molecule has 1 aromatic rings. The first-order valence-corrected chi connectivity index (χ1v) is 4.29. The van der Waals surface area contributed by atoms with Gasteiger partial charge in [0, 0.05) is 18.1 Å². The number of anilines is 1. The van der Waals surface area contributed by atoms with Gasteiger partial charge in [-0.1, -0.05) is 0 Å². The minimum absolute atomic E-state index is 0.0804. The van der Waals surface area contributed by atoms with Gasteiger partial charge in [-0.2, -0.15) is 9.36 Å². The van der Waals surface area contributed by atoms with Crippen LogP contribution in [0.25, 0.3) is 0 Å². The smallest absolute Gasteiger partial charge is 0.358 e. The van der Waals surface area contributed by atoms with Crippen LogP contribution in [0, 0.1) is 0 Å². The van der Waals surface area contributed by atoms with Crippen molar-refractivity contribution in [1.82, 2.24) is 9.36 Å². The average molecular weight is 200 g/mol. The van der Waals surface area contributed by atoms with Crippen molar-refractivity contribution in [3.8, 4) is 0 Å². The third kappa shape index (κ3) is 2.22. The van der Waals surface area contributed by atoms with E-state index >= 15 is 0 Å². The highest BCUT2D eigenvalue weighted by Crippen LogP contribution is 2.06. The molecule has 1 aromatic heterocycles. The number of aliphatic carboxylic acids is 1. The van der Waals surface area contributed by atoms with Crippen LogP contribution >= 0.6 is 11.5 Å². The molecular formula is C6H8N4O2S. The Morgan fingerprint density at radius 2 is 2.46 bits per heavy atom. The maximum absolute atomic E-state index is 10.7. The fourth-order valence-corrected chi connectivity index (χ4v) is 1.16. The van der Waals surface area contributed by atoms with Crippen LogP contribution in [0.15, 0.2) is 4.99 Å². The van der Waals surface area contributed by atoms with Crippen LogP contribution in [0.3, 0.4) is 0 Å². The summed E-state index contributed by atoms with van der Waals surface area (Å²) in [7, 11) is 0. The maximum Gasteiger partial charge on any atom is 0.358 e. The van der Waals surface area contributed by atoms with E-state index in [-0.39, 0.29) is 16.7 Å². The standard InChI is InChI=1S/C6H8N4O2S/c1-2-8-3(5(11)12)4-9-6(7)13-10-4/h2H2,1H3,(H,11,12)(H2,7,9,10). The molecule has 0 aliphatic rings. The Morgan fingerprint density at radius 3 is 2.85 bits per heavy atom. The second kappa shape index (κ2) is 3.94. The molecule has 1 rings (SSSR count). The minimum atomic E-state index is -1.14. The van der Waals surface area contributed by atoms with Gasteiger partial charge in [0.15, 0.2) is 16.7 Å². The normalized spacial score (nSPS) is 11.6.